The Kier molecular flexibility index (Phi) is 12.3. The number of aliphatic hydroxyl groups is 2. The summed E-state index contributed by atoms with van der Waals surface area (Å²) in [5.41, 5.74) is 0.334. The van der Waals surface area contributed by atoms with E-state index in [1.807, 2.05) is 0 Å². The van der Waals surface area contributed by atoms with Gasteiger partial charge < -0.3 is 30.6 Å². The zero-order valence-corrected chi connectivity index (χ0v) is 21.0. The predicted octanol–water partition coefficient (Wildman–Crippen LogP) is -1.04. The van der Waals surface area contributed by atoms with Crippen molar-refractivity contribution in [2.24, 2.45) is 0 Å². The summed E-state index contributed by atoms with van der Waals surface area (Å²) in [4.78, 5) is 57.9. The number of hydrogen-bond acceptors (Lipinski definition) is 11. The minimum absolute atomic E-state index is 0.0166. The molecule has 0 spiro atoms. The molecule has 0 saturated carbocycles. The molecule has 2 rings (SSSR count). The van der Waals surface area contributed by atoms with Crippen molar-refractivity contribution in [3.63, 3.8) is 0 Å². The Labute approximate surface area is 223 Å². The molecule has 0 bridgehead atoms. The van der Waals surface area contributed by atoms with Crippen molar-refractivity contribution in [3.8, 4) is 0 Å². The highest BCUT2D eigenvalue weighted by molar-refractivity contribution is 5.85. The highest BCUT2D eigenvalue weighted by atomic mass is 16.5. The smallest absolute Gasteiger partial charge is 0.354 e. The number of carboxylic acid groups (broad SMARTS) is 4. The summed E-state index contributed by atoms with van der Waals surface area (Å²) in [5, 5.41) is 56.0. The molecule has 0 amide bonds. The first-order valence-electron chi connectivity index (χ1n) is 11.8. The fourth-order valence-electron chi connectivity index (χ4n) is 3.73. The molecule has 15 nitrogen and oxygen atoms in total. The van der Waals surface area contributed by atoms with Crippen molar-refractivity contribution >= 4 is 23.9 Å². The minimum atomic E-state index is -1.71. The molecule has 0 fully saturated rings. The monoisotopic (exact) mass is 549 g/mol. The fraction of sp³-hybridized carbons (Fsp3) is 0.417. The number of aromatic nitrogens is 2. The zero-order valence-electron chi connectivity index (χ0n) is 21.0. The molecule has 0 radical (unpaired) electrons. The second-order valence-electron chi connectivity index (χ2n) is 8.63. The first-order chi connectivity index (χ1) is 18.4. The van der Waals surface area contributed by atoms with Crippen molar-refractivity contribution in [2.45, 2.75) is 19.4 Å². The Bertz CT molecular complexity index is 1150. The fourth-order valence-corrected chi connectivity index (χ4v) is 3.73. The Morgan fingerprint density at radius 1 is 0.641 bits per heavy atom. The maximum atomic E-state index is 11.5. The van der Waals surface area contributed by atoms with Gasteiger partial charge in [0.25, 0.3) is 0 Å². The molecule has 0 aliphatic rings. The van der Waals surface area contributed by atoms with E-state index in [4.69, 9.17) is 10.2 Å². The van der Waals surface area contributed by atoms with E-state index in [-0.39, 0.29) is 63.7 Å². The van der Waals surface area contributed by atoms with Crippen LogP contribution in [0.1, 0.15) is 32.4 Å². The number of pyridine rings is 2. The predicted molar refractivity (Wildman–Crippen MR) is 133 cm³/mol. The van der Waals surface area contributed by atoms with Gasteiger partial charge in [-0.1, -0.05) is 12.1 Å². The lowest BCUT2D eigenvalue weighted by atomic mass is 10.2. The molecule has 0 saturated heterocycles. The van der Waals surface area contributed by atoms with Crippen molar-refractivity contribution in [3.05, 3.63) is 59.2 Å². The van der Waals surface area contributed by atoms with Crippen molar-refractivity contribution in [1.82, 2.24) is 24.7 Å². The number of nitrogens with zero attached hydrogens (tertiary/aromatic N) is 5. The highest BCUT2D eigenvalue weighted by Crippen LogP contribution is 2.08. The van der Waals surface area contributed by atoms with Crippen LogP contribution in [0.2, 0.25) is 0 Å². The van der Waals surface area contributed by atoms with E-state index in [9.17, 15) is 39.6 Å². The summed E-state index contributed by atoms with van der Waals surface area (Å²) in [6.45, 7) is -0.361. The Morgan fingerprint density at radius 3 is 1.49 bits per heavy atom. The van der Waals surface area contributed by atoms with Crippen LogP contribution in [0.15, 0.2) is 36.4 Å². The van der Waals surface area contributed by atoms with Gasteiger partial charge in [-0.25, -0.2) is 19.6 Å². The topological polar surface area (TPSA) is 225 Å². The van der Waals surface area contributed by atoms with Gasteiger partial charge in [-0.05, 0) is 24.3 Å². The van der Waals surface area contributed by atoms with Gasteiger partial charge in [-0.3, -0.25) is 24.3 Å². The second kappa shape index (κ2) is 15.4. The van der Waals surface area contributed by atoms with Gasteiger partial charge in [0.2, 0.25) is 0 Å². The number of carbonyl (C=O) groups is 4. The van der Waals surface area contributed by atoms with E-state index in [0.717, 1.165) is 0 Å². The molecule has 0 atom stereocenters. The van der Waals surface area contributed by atoms with Crippen LogP contribution in [0.3, 0.4) is 0 Å². The van der Waals surface area contributed by atoms with Crippen molar-refractivity contribution in [2.75, 3.05) is 45.8 Å². The molecule has 0 unspecified atom stereocenters. The third-order valence-electron chi connectivity index (χ3n) is 5.43. The van der Waals surface area contributed by atoms with Crippen molar-refractivity contribution < 1.29 is 49.8 Å². The van der Waals surface area contributed by atoms with Gasteiger partial charge in [-0.15, -0.1) is 0 Å². The maximum Gasteiger partial charge on any atom is 0.354 e. The molecule has 6 N–H and O–H groups in total. The molecule has 2 aromatic heterocycles. The van der Waals surface area contributed by atoms with E-state index in [1.54, 1.807) is 17.0 Å². The highest BCUT2D eigenvalue weighted by Gasteiger charge is 2.19. The molecule has 2 aromatic rings. The third kappa shape index (κ3) is 11.9. The van der Waals surface area contributed by atoms with Crippen LogP contribution in [-0.2, 0) is 22.7 Å². The van der Waals surface area contributed by atoms with Crippen LogP contribution < -0.4 is 0 Å². The third-order valence-corrected chi connectivity index (χ3v) is 5.43. The largest absolute Gasteiger partial charge is 0.480 e. The minimum Gasteiger partial charge on any atom is -0.480 e. The van der Waals surface area contributed by atoms with E-state index in [0.29, 0.717) is 11.4 Å². The van der Waals surface area contributed by atoms with Gasteiger partial charge in [0, 0.05) is 45.8 Å². The average molecular weight is 550 g/mol. The molecule has 212 valence electrons. The standard InChI is InChI=1S/C24H31N5O10/c30-20(31)13-27(7-9-28(14-21(32)33)11-16-3-1-5-18(25-16)23(36)37)8-10-29(15-22(34)35)12-17-4-2-6-19(26-17)24(38)39/h1-6,21,32-33H,7-15H2,(H,30,31)(H,34,35)(H,36,37)(H,38,39). The number of aromatic carboxylic acids is 2. The van der Waals surface area contributed by atoms with E-state index < -0.39 is 36.7 Å². The quantitative estimate of drug-likeness (QED) is 0.122. The van der Waals surface area contributed by atoms with E-state index in [2.05, 4.69) is 9.97 Å². The first-order valence-corrected chi connectivity index (χ1v) is 11.8. The number of aliphatic carboxylic acids is 2. The molecular weight excluding hydrogens is 518 g/mol. The Balaban J connectivity index is 2.09. The summed E-state index contributed by atoms with van der Waals surface area (Å²) >= 11 is 0. The summed E-state index contributed by atoms with van der Waals surface area (Å²) < 4.78 is 0. The average Bonchev–Trinajstić information content (AvgIpc) is 2.84. The van der Waals surface area contributed by atoms with Gasteiger partial charge in [0.05, 0.1) is 24.5 Å². The molecule has 0 aromatic carbocycles. The first kappa shape index (κ1) is 31.2. The molecule has 0 aliphatic carbocycles. The van der Waals surface area contributed by atoms with Crippen molar-refractivity contribution in [1.29, 1.82) is 0 Å². The van der Waals surface area contributed by atoms with Crippen LogP contribution in [0.25, 0.3) is 0 Å². The number of aliphatic hydroxyl groups excluding tert-OH is 1. The summed E-state index contributed by atoms with van der Waals surface area (Å²) in [6.07, 6.45) is -1.71. The number of rotatable bonds is 18. The molecule has 2 heterocycles. The van der Waals surface area contributed by atoms with Crippen LogP contribution in [0, 0.1) is 0 Å². The number of carboxylic acids is 4. The van der Waals surface area contributed by atoms with E-state index >= 15 is 0 Å². The SMILES string of the molecule is O=C(O)CN(CCN(CC(=O)O)Cc1cccc(C(=O)O)n1)CCN(Cc1cccc(C(=O)O)n1)CC(O)O. The van der Waals surface area contributed by atoms with Crippen LogP contribution >= 0.6 is 0 Å². The molecule has 15 heteroatoms. The lowest BCUT2D eigenvalue weighted by Crippen LogP contribution is -2.44. The normalized spacial score (nSPS) is 11.4. The molecule has 0 aliphatic heterocycles. The van der Waals surface area contributed by atoms with E-state index in [1.165, 1.54) is 34.1 Å². The second-order valence-corrected chi connectivity index (χ2v) is 8.63. The lowest BCUT2D eigenvalue weighted by Gasteiger charge is -2.29. The van der Waals surface area contributed by atoms with Gasteiger partial charge in [0.15, 0.2) is 6.29 Å². The van der Waals surface area contributed by atoms with Gasteiger partial charge in [0.1, 0.15) is 11.4 Å². The van der Waals surface area contributed by atoms with Crippen LogP contribution in [0.4, 0.5) is 0 Å². The maximum absolute atomic E-state index is 11.5. The van der Waals surface area contributed by atoms with Crippen LogP contribution in [0.5, 0.6) is 0 Å². The summed E-state index contributed by atoms with van der Waals surface area (Å²) in [5.74, 6) is -4.70. The van der Waals surface area contributed by atoms with Gasteiger partial charge in [-0.2, -0.15) is 0 Å². The van der Waals surface area contributed by atoms with Gasteiger partial charge >= 0.3 is 23.9 Å². The Hall–Kier alpha value is -4.02. The lowest BCUT2D eigenvalue weighted by molar-refractivity contribution is -0.140. The Morgan fingerprint density at radius 2 is 1.05 bits per heavy atom. The molecular formula is C24H31N5O10. The zero-order chi connectivity index (χ0) is 28.9. The molecule has 39 heavy (non-hydrogen) atoms. The number of hydrogen-bond donors (Lipinski definition) is 6. The summed E-state index contributed by atoms with van der Waals surface area (Å²) in [6, 6.07) is 8.77. The van der Waals surface area contributed by atoms with Crippen LogP contribution in [-0.4, -0.2) is 131 Å². The summed E-state index contributed by atoms with van der Waals surface area (Å²) in [7, 11) is 0.